The molecule has 1 aromatic rings. The Hall–Kier alpha value is -1.67. The summed E-state index contributed by atoms with van der Waals surface area (Å²) in [6, 6.07) is 1.23. The minimum absolute atomic E-state index is 0.0374. The number of nitrogens with one attached hydrogen (secondary N) is 1. The van der Waals surface area contributed by atoms with Crippen LogP contribution in [0.25, 0.3) is 0 Å². The molecule has 7 nitrogen and oxygen atoms in total. The number of nitrogens with zero attached hydrogens (tertiary/aromatic N) is 1. The van der Waals surface area contributed by atoms with E-state index in [0.29, 0.717) is 0 Å². The Kier molecular flexibility index (Phi) is 5.25. The second-order valence-corrected chi connectivity index (χ2v) is 5.91. The first-order valence-corrected chi connectivity index (χ1v) is 7.26. The van der Waals surface area contributed by atoms with E-state index >= 15 is 0 Å². The Morgan fingerprint density at radius 2 is 2.21 bits per heavy atom. The highest BCUT2D eigenvalue weighted by Crippen LogP contribution is 2.15. The Morgan fingerprint density at radius 3 is 2.79 bits per heavy atom. The first kappa shape index (κ1) is 15.4. The summed E-state index contributed by atoms with van der Waals surface area (Å²) < 4.78 is 30.8. The van der Waals surface area contributed by atoms with Crippen LogP contribution in [0.1, 0.15) is 24.2 Å². The quantitative estimate of drug-likeness (QED) is 0.773. The van der Waals surface area contributed by atoms with Crippen LogP contribution in [0.3, 0.4) is 0 Å². The van der Waals surface area contributed by atoms with Gasteiger partial charge in [-0.15, -0.1) is 0 Å². The molecule has 0 fully saturated rings. The van der Waals surface area contributed by atoms with Gasteiger partial charge in [-0.2, -0.15) is 0 Å². The normalized spacial score (nSPS) is 11.5. The first-order valence-electron chi connectivity index (χ1n) is 5.61. The molecule has 0 radical (unpaired) electrons. The molecule has 0 amide bonds. The van der Waals surface area contributed by atoms with Gasteiger partial charge < -0.3 is 9.84 Å². The Labute approximate surface area is 111 Å². The predicted molar refractivity (Wildman–Crippen MR) is 69.7 cm³/mol. The van der Waals surface area contributed by atoms with E-state index in [-0.39, 0.29) is 29.7 Å². The summed E-state index contributed by atoms with van der Waals surface area (Å²) in [7, 11) is -3.66. The molecule has 1 aromatic heterocycles. The van der Waals surface area contributed by atoms with Crippen molar-refractivity contribution in [3.05, 3.63) is 24.0 Å². The molecule has 1 heterocycles. The van der Waals surface area contributed by atoms with Crippen LogP contribution in [0, 0.1) is 0 Å². The van der Waals surface area contributed by atoms with Crippen molar-refractivity contribution in [2.75, 3.05) is 17.1 Å². The number of ether oxygens (including phenoxy) is 1. The minimum Gasteiger partial charge on any atom is -0.478 e. The Morgan fingerprint density at radius 1 is 1.53 bits per heavy atom. The number of sulfonamides is 1. The molecular formula is C11H16N2O5S. The molecule has 0 spiro atoms. The van der Waals surface area contributed by atoms with Gasteiger partial charge in [-0.05, 0) is 19.9 Å². The van der Waals surface area contributed by atoms with E-state index in [9.17, 15) is 13.2 Å². The van der Waals surface area contributed by atoms with E-state index in [4.69, 9.17) is 9.84 Å². The van der Waals surface area contributed by atoms with Crippen molar-refractivity contribution in [2.24, 2.45) is 0 Å². The van der Waals surface area contributed by atoms with Gasteiger partial charge in [0.2, 0.25) is 10.0 Å². The molecule has 0 saturated heterocycles. The summed E-state index contributed by atoms with van der Waals surface area (Å²) in [6.07, 6.45) is 2.37. The summed E-state index contributed by atoms with van der Waals surface area (Å²) in [5.74, 6) is -1.47. The van der Waals surface area contributed by atoms with Crippen LogP contribution in [0.4, 0.5) is 5.69 Å². The largest absolute Gasteiger partial charge is 0.478 e. The second-order valence-electron chi connectivity index (χ2n) is 4.07. The van der Waals surface area contributed by atoms with Crippen LogP contribution in [0.5, 0.6) is 0 Å². The highest BCUT2D eigenvalue weighted by molar-refractivity contribution is 7.92. The lowest BCUT2D eigenvalue weighted by Crippen LogP contribution is -2.22. The number of aromatic carboxylic acids is 1. The number of carboxylic acids is 1. The van der Waals surface area contributed by atoms with Crippen molar-refractivity contribution in [3.63, 3.8) is 0 Å². The van der Waals surface area contributed by atoms with Crippen LogP contribution >= 0.6 is 0 Å². The summed E-state index contributed by atoms with van der Waals surface area (Å²) >= 11 is 0. The highest BCUT2D eigenvalue weighted by atomic mass is 32.2. The third-order valence-electron chi connectivity index (χ3n) is 2.12. The standard InChI is InChI=1S/C11H16N2O5S/c1-8(2)18-5-6-19(16,17)13-10-7-12-4-3-9(10)11(14)15/h3-4,7-8,13H,5-6H2,1-2H3,(H,14,15). The Balaban J connectivity index is 2.76. The third kappa shape index (κ3) is 5.23. The zero-order valence-corrected chi connectivity index (χ0v) is 11.5. The highest BCUT2D eigenvalue weighted by Gasteiger charge is 2.16. The van der Waals surface area contributed by atoms with Crippen molar-refractivity contribution in [1.29, 1.82) is 0 Å². The molecule has 2 N–H and O–H groups in total. The number of anilines is 1. The molecule has 0 aliphatic carbocycles. The molecule has 0 aromatic carbocycles. The molecule has 0 unspecified atom stereocenters. The smallest absolute Gasteiger partial charge is 0.337 e. The number of pyridine rings is 1. The number of rotatable bonds is 7. The number of carbonyl (C=O) groups is 1. The monoisotopic (exact) mass is 288 g/mol. The average Bonchev–Trinajstić information content (AvgIpc) is 2.27. The van der Waals surface area contributed by atoms with Gasteiger partial charge >= 0.3 is 5.97 Å². The Bertz CT molecular complexity index is 542. The number of aromatic nitrogens is 1. The van der Waals surface area contributed by atoms with Crippen LogP contribution < -0.4 is 4.72 Å². The van der Waals surface area contributed by atoms with Crippen molar-refractivity contribution in [3.8, 4) is 0 Å². The van der Waals surface area contributed by atoms with E-state index in [0.717, 1.165) is 6.20 Å². The second kappa shape index (κ2) is 6.48. The molecule has 0 atom stereocenters. The zero-order valence-electron chi connectivity index (χ0n) is 10.7. The lowest BCUT2D eigenvalue weighted by Gasteiger charge is -2.11. The summed E-state index contributed by atoms with van der Waals surface area (Å²) in [5, 5.41) is 8.92. The molecule has 8 heteroatoms. The molecular weight excluding hydrogens is 272 g/mol. The SMILES string of the molecule is CC(C)OCCS(=O)(=O)Nc1cnccc1C(=O)O. The summed E-state index contributed by atoms with van der Waals surface area (Å²) in [5.41, 5.74) is -0.206. The van der Waals surface area contributed by atoms with Crippen molar-refractivity contribution < 1.29 is 23.1 Å². The van der Waals surface area contributed by atoms with Crippen LogP contribution in [-0.4, -0.2) is 42.9 Å². The van der Waals surface area contributed by atoms with E-state index in [1.807, 2.05) is 0 Å². The van der Waals surface area contributed by atoms with Gasteiger partial charge in [-0.3, -0.25) is 9.71 Å². The first-order chi connectivity index (χ1) is 8.82. The van der Waals surface area contributed by atoms with Crippen molar-refractivity contribution in [1.82, 2.24) is 4.98 Å². The molecule has 106 valence electrons. The maximum Gasteiger partial charge on any atom is 0.337 e. The van der Waals surface area contributed by atoms with E-state index in [1.54, 1.807) is 13.8 Å². The number of hydrogen-bond donors (Lipinski definition) is 2. The minimum atomic E-state index is -3.66. The van der Waals surface area contributed by atoms with Crippen LogP contribution in [0.15, 0.2) is 18.5 Å². The van der Waals surface area contributed by atoms with Crippen molar-refractivity contribution >= 4 is 21.7 Å². The van der Waals surface area contributed by atoms with E-state index < -0.39 is 16.0 Å². The molecule has 0 aliphatic rings. The lowest BCUT2D eigenvalue weighted by atomic mass is 10.2. The van der Waals surface area contributed by atoms with Gasteiger partial charge in [0.05, 0.1) is 35.9 Å². The van der Waals surface area contributed by atoms with Crippen molar-refractivity contribution in [2.45, 2.75) is 20.0 Å². The molecule has 0 saturated carbocycles. The molecule has 1 rings (SSSR count). The maximum absolute atomic E-state index is 11.7. The molecule has 0 bridgehead atoms. The number of hydrogen-bond acceptors (Lipinski definition) is 5. The van der Waals surface area contributed by atoms with Gasteiger partial charge in [-0.25, -0.2) is 13.2 Å². The van der Waals surface area contributed by atoms with Crippen LogP contribution in [-0.2, 0) is 14.8 Å². The summed E-state index contributed by atoms with van der Waals surface area (Å²) in [6.45, 7) is 3.63. The average molecular weight is 288 g/mol. The molecule has 19 heavy (non-hydrogen) atoms. The number of carboxylic acid groups (broad SMARTS) is 1. The van der Waals surface area contributed by atoms with Gasteiger partial charge in [0.15, 0.2) is 0 Å². The third-order valence-corrected chi connectivity index (χ3v) is 3.36. The topological polar surface area (TPSA) is 106 Å². The predicted octanol–water partition coefficient (Wildman–Crippen LogP) is 0.946. The van der Waals surface area contributed by atoms with Gasteiger partial charge in [0, 0.05) is 6.20 Å². The molecule has 0 aliphatic heterocycles. The van der Waals surface area contributed by atoms with Gasteiger partial charge in [0.25, 0.3) is 0 Å². The fraction of sp³-hybridized carbons (Fsp3) is 0.455. The van der Waals surface area contributed by atoms with Gasteiger partial charge in [0.1, 0.15) is 0 Å². The summed E-state index contributed by atoms with van der Waals surface area (Å²) in [4.78, 5) is 14.6. The van der Waals surface area contributed by atoms with Crippen LogP contribution in [0.2, 0.25) is 0 Å². The van der Waals surface area contributed by atoms with E-state index in [2.05, 4.69) is 9.71 Å². The maximum atomic E-state index is 11.7. The fourth-order valence-electron chi connectivity index (χ4n) is 1.27. The van der Waals surface area contributed by atoms with E-state index in [1.165, 1.54) is 12.3 Å². The lowest BCUT2D eigenvalue weighted by molar-refractivity contribution is 0.0698. The van der Waals surface area contributed by atoms with Gasteiger partial charge in [-0.1, -0.05) is 0 Å². The fourth-order valence-corrected chi connectivity index (χ4v) is 2.19. The zero-order chi connectivity index (χ0) is 14.5.